The number of anilines is 1. The van der Waals surface area contributed by atoms with E-state index < -0.39 is 0 Å². The average Bonchev–Trinajstić information content (AvgIpc) is 2.68. The molecule has 0 atom stereocenters. The molecule has 2 aromatic rings. The predicted molar refractivity (Wildman–Crippen MR) is 96.0 cm³/mol. The molecule has 2 heterocycles. The van der Waals surface area contributed by atoms with E-state index in [0.29, 0.717) is 5.56 Å². The van der Waals surface area contributed by atoms with Crippen molar-refractivity contribution in [3.8, 4) is 17.6 Å². The number of hydrogen-bond acceptors (Lipinski definition) is 6. The number of rotatable bonds is 5. The van der Waals surface area contributed by atoms with E-state index in [1.807, 2.05) is 18.2 Å². The van der Waals surface area contributed by atoms with Crippen LogP contribution in [-0.4, -0.2) is 50.3 Å². The lowest BCUT2D eigenvalue weighted by molar-refractivity contribution is 0.248. The van der Waals surface area contributed by atoms with Gasteiger partial charge in [-0.1, -0.05) is 6.07 Å². The summed E-state index contributed by atoms with van der Waals surface area (Å²) in [6.07, 6.45) is 1.74. The number of nitriles is 1. The van der Waals surface area contributed by atoms with E-state index in [9.17, 15) is 5.26 Å². The summed E-state index contributed by atoms with van der Waals surface area (Å²) in [4.78, 5) is 8.96. The molecule has 1 aromatic heterocycles. The highest BCUT2D eigenvalue weighted by Crippen LogP contribution is 2.28. The third-order valence-electron chi connectivity index (χ3n) is 4.43. The molecule has 130 valence electrons. The quantitative estimate of drug-likeness (QED) is 0.834. The van der Waals surface area contributed by atoms with Gasteiger partial charge in [-0.15, -0.1) is 0 Å². The van der Waals surface area contributed by atoms with Gasteiger partial charge in [-0.05, 0) is 29.8 Å². The van der Waals surface area contributed by atoms with Gasteiger partial charge in [-0.3, -0.25) is 4.90 Å². The molecule has 3 rings (SSSR count). The fraction of sp³-hybridized carbons (Fsp3) is 0.368. The van der Waals surface area contributed by atoms with E-state index in [1.165, 1.54) is 5.56 Å². The molecule has 6 heteroatoms. The van der Waals surface area contributed by atoms with Gasteiger partial charge in [-0.2, -0.15) is 5.26 Å². The number of piperazine rings is 1. The first-order valence-electron chi connectivity index (χ1n) is 8.28. The maximum absolute atomic E-state index is 9.24. The van der Waals surface area contributed by atoms with Gasteiger partial charge in [0.2, 0.25) is 0 Å². The van der Waals surface area contributed by atoms with Gasteiger partial charge in [-0.25, -0.2) is 4.98 Å². The second-order valence-electron chi connectivity index (χ2n) is 5.94. The van der Waals surface area contributed by atoms with Crippen LogP contribution in [0.5, 0.6) is 11.5 Å². The molecule has 1 aromatic carbocycles. The van der Waals surface area contributed by atoms with Crippen molar-refractivity contribution in [3.05, 3.63) is 47.7 Å². The Morgan fingerprint density at radius 3 is 2.52 bits per heavy atom. The third kappa shape index (κ3) is 3.83. The second-order valence-corrected chi connectivity index (χ2v) is 5.94. The van der Waals surface area contributed by atoms with E-state index in [1.54, 1.807) is 26.5 Å². The topological polar surface area (TPSA) is 61.6 Å². The SMILES string of the molecule is COc1ccc(CN2CCN(c3ncccc3C#N)CC2)cc1OC. The Bertz CT molecular complexity index is 764. The molecule has 0 unspecified atom stereocenters. The molecule has 1 fully saturated rings. The minimum Gasteiger partial charge on any atom is -0.493 e. The number of benzene rings is 1. The molecule has 0 radical (unpaired) electrons. The average molecular weight is 338 g/mol. The second kappa shape index (κ2) is 7.86. The fourth-order valence-corrected chi connectivity index (χ4v) is 3.09. The summed E-state index contributed by atoms with van der Waals surface area (Å²) < 4.78 is 10.7. The zero-order valence-electron chi connectivity index (χ0n) is 14.6. The Morgan fingerprint density at radius 1 is 1.08 bits per heavy atom. The molecule has 6 nitrogen and oxygen atoms in total. The van der Waals surface area contributed by atoms with Crippen LogP contribution in [0.25, 0.3) is 0 Å². The lowest BCUT2D eigenvalue weighted by atomic mass is 10.1. The summed E-state index contributed by atoms with van der Waals surface area (Å²) in [6, 6.07) is 11.9. The first kappa shape index (κ1) is 17.1. The molecule has 0 aliphatic carbocycles. The first-order valence-corrected chi connectivity index (χ1v) is 8.28. The van der Waals surface area contributed by atoms with Crippen molar-refractivity contribution in [2.75, 3.05) is 45.3 Å². The van der Waals surface area contributed by atoms with Crippen molar-refractivity contribution in [1.29, 1.82) is 5.26 Å². The van der Waals surface area contributed by atoms with Crippen molar-refractivity contribution in [2.45, 2.75) is 6.54 Å². The number of pyridine rings is 1. The molecule has 0 N–H and O–H groups in total. The molecule has 1 saturated heterocycles. The number of ether oxygens (including phenoxy) is 2. The van der Waals surface area contributed by atoms with Gasteiger partial charge in [0.1, 0.15) is 11.9 Å². The van der Waals surface area contributed by atoms with Crippen LogP contribution in [0.2, 0.25) is 0 Å². The Balaban J connectivity index is 1.62. The van der Waals surface area contributed by atoms with E-state index in [2.05, 4.69) is 26.9 Å². The predicted octanol–water partition coefficient (Wildman–Crippen LogP) is 2.29. The van der Waals surface area contributed by atoms with Crippen LogP contribution in [-0.2, 0) is 6.54 Å². The maximum atomic E-state index is 9.24. The number of methoxy groups -OCH3 is 2. The van der Waals surface area contributed by atoms with Crippen LogP contribution in [0.15, 0.2) is 36.5 Å². The summed E-state index contributed by atoms with van der Waals surface area (Å²) in [7, 11) is 3.30. The first-order chi connectivity index (χ1) is 12.2. The zero-order chi connectivity index (χ0) is 17.6. The number of nitrogens with zero attached hydrogens (tertiary/aromatic N) is 4. The fourth-order valence-electron chi connectivity index (χ4n) is 3.09. The highest BCUT2D eigenvalue weighted by molar-refractivity contribution is 5.53. The van der Waals surface area contributed by atoms with Gasteiger partial charge < -0.3 is 14.4 Å². The summed E-state index contributed by atoms with van der Waals surface area (Å²) in [5, 5.41) is 9.24. The van der Waals surface area contributed by atoms with Crippen LogP contribution < -0.4 is 14.4 Å². The van der Waals surface area contributed by atoms with E-state index >= 15 is 0 Å². The molecule has 1 aliphatic heterocycles. The molecular formula is C19H22N4O2. The van der Waals surface area contributed by atoms with Crippen LogP contribution in [0.1, 0.15) is 11.1 Å². The van der Waals surface area contributed by atoms with Crippen LogP contribution >= 0.6 is 0 Å². The van der Waals surface area contributed by atoms with Crippen LogP contribution in [0.3, 0.4) is 0 Å². The summed E-state index contributed by atoms with van der Waals surface area (Å²) in [6.45, 7) is 4.44. The van der Waals surface area contributed by atoms with Crippen molar-refractivity contribution in [3.63, 3.8) is 0 Å². The Hall–Kier alpha value is -2.78. The van der Waals surface area contributed by atoms with Gasteiger partial charge in [0.15, 0.2) is 11.5 Å². The Morgan fingerprint density at radius 2 is 1.84 bits per heavy atom. The molecular weight excluding hydrogens is 316 g/mol. The van der Waals surface area contributed by atoms with E-state index in [-0.39, 0.29) is 0 Å². The molecule has 0 saturated carbocycles. The lowest BCUT2D eigenvalue weighted by Gasteiger charge is -2.35. The largest absolute Gasteiger partial charge is 0.493 e. The summed E-state index contributed by atoms with van der Waals surface area (Å²) in [5.41, 5.74) is 1.83. The van der Waals surface area contributed by atoms with Gasteiger partial charge in [0.25, 0.3) is 0 Å². The van der Waals surface area contributed by atoms with E-state index in [0.717, 1.165) is 50.0 Å². The zero-order valence-corrected chi connectivity index (χ0v) is 14.6. The van der Waals surface area contributed by atoms with Gasteiger partial charge in [0, 0.05) is 38.9 Å². The summed E-state index contributed by atoms with van der Waals surface area (Å²) >= 11 is 0. The lowest BCUT2D eigenvalue weighted by Crippen LogP contribution is -2.46. The highest BCUT2D eigenvalue weighted by atomic mass is 16.5. The van der Waals surface area contributed by atoms with Crippen molar-refractivity contribution >= 4 is 5.82 Å². The van der Waals surface area contributed by atoms with E-state index in [4.69, 9.17) is 9.47 Å². The monoisotopic (exact) mass is 338 g/mol. The minimum atomic E-state index is 0.635. The number of hydrogen-bond donors (Lipinski definition) is 0. The van der Waals surface area contributed by atoms with Crippen molar-refractivity contribution in [2.24, 2.45) is 0 Å². The van der Waals surface area contributed by atoms with Crippen molar-refractivity contribution < 1.29 is 9.47 Å². The molecule has 25 heavy (non-hydrogen) atoms. The molecule has 0 spiro atoms. The highest BCUT2D eigenvalue weighted by Gasteiger charge is 2.20. The van der Waals surface area contributed by atoms with Crippen LogP contribution in [0.4, 0.5) is 5.82 Å². The Kier molecular flexibility index (Phi) is 5.36. The van der Waals surface area contributed by atoms with Crippen LogP contribution in [0, 0.1) is 11.3 Å². The Labute approximate surface area is 148 Å². The van der Waals surface area contributed by atoms with Gasteiger partial charge >= 0.3 is 0 Å². The third-order valence-corrected chi connectivity index (χ3v) is 4.43. The minimum absolute atomic E-state index is 0.635. The van der Waals surface area contributed by atoms with Gasteiger partial charge in [0.05, 0.1) is 19.8 Å². The summed E-state index contributed by atoms with van der Waals surface area (Å²) in [5.74, 6) is 2.29. The molecule has 0 amide bonds. The maximum Gasteiger partial charge on any atom is 0.161 e. The molecule has 0 bridgehead atoms. The smallest absolute Gasteiger partial charge is 0.161 e. The van der Waals surface area contributed by atoms with Crippen molar-refractivity contribution in [1.82, 2.24) is 9.88 Å². The molecule has 1 aliphatic rings. The standard InChI is InChI=1S/C19H22N4O2/c1-24-17-6-5-15(12-18(17)25-2)14-22-8-10-23(11-9-22)19-16(13-20)4-3-7-21-19/h3-7,12H,8-11,14H2,1-2H3. The normalized spacial score (nSPS) is 14.8. The number of aromatic nitrogens is 1.